The molecule has 7 nitrogen and oxygen atoms in total. The van der Waals surface area contributed by atoms with Gasteiger partial charge in [0.05, 0.1) is 23.3 Å². The first-order valence-electron chi connectivity index (χ1n) is 9.05. The zero-order chi connectivity index (χ0) is 20.2. The van der Waals surface area contributed by atoms with Crippen LogP contribution < -0.4 is 16.6 Å². The van der Waals surface area contributed by atoms with Gasteiger partial charge in [0.15, 0.2) is 0 Å². The second kappa shape index (κ2) is 8.24. The van der Waals surface area contributed by atoms with Gasteiger partial charge < -0.3 is 5.32 Å². The minimum atomic E-state index is -0.517. The maximum Gasteiger partial charge on any atom is 0.331 e. The predicted octanol–water partition coefficient (Wildman–Crippen LogP) is 1.98. The summed E-state index contributed by atoms with van der Waals surface area (Å²) in [6.07, 6.45) is 1.45. The molecular weight excluding hydrogens is 388 g/mol. The van der Waals surface area contributed by atoms with Crippen LogP contribution >= 0.6 is 11.3 Å². The Balaban J connectivity index is 1.46. The quantitative estimate of drug-likeness (QED) is 0.531. The third-order valence-electron chi connectivity index (χ3n) is 4.41. The number of nitrogens with one attached hydrogen (secondary N) is 1. The van der Waals surface area contributed by atoms with E-state index in [1.807, 2.05) is 54.6 Å². The number of benzene rings is 2. The highest BCUT2D eigenvalue weighted by molar-refractivity contribution is 7.18. The number of carbonyl (C=O) groups excluding carboxylic acids is 1. The van der Waals surface area contributed by atoms with Crippen molar-refractivity contribution < 1.29 is 4.79 Å². The van der Waals surface area contributed by atoms with E-state index in [2.05, 4.69) is 10.3 Å². The minimum absolute atomic E-state index is 0.248. The fourth-order valence-electron chi connectivity index (χ4n) is 2.97. The van der Waals surface area contributed by atoms with E-state index in [0.717, 1.165) is 25.4 Å². The number of thiazole rings is 1. The lowest BCUT2D eigenvalue weighted by atomic mass is 10.2. The molecule has 0 aliphatic rings. The number of fused-ring (bicyclic) bond motifs is 1. The fourth-order valence-corrected chi connectivity index (χ4v) is 3.88. The highest BCUT2D eigenvalue weighted by Crippen LogP contribution is 2.21. The van der Waals surface area contributed by atoms with Crippen LogP contribution in [0.3, 0.4) is 0 Å². The van der Waals surface area contributed by atoms with Crippen molar-refractivity contribution in [3.8, 4) is 0 Å². The molecule has 2 aromatic carbocycles. The van der Waals surface area contributed by atoms with E-state index in [1.165, 1.54) is 28.2 Å². The number of carbonyl (C=O) groups is 1. The molecule has 2 heterocycles. The van der Waals surface area contributed by atoms with Crippen molar-refractivity contribution in [2.24, 2.45) is 0 Å². The molecule has 0 aliphatic carbocycles. The molecule has 0 atom stereocenters. The maximum absolute atomic E-state index is 12.7. The van der Waals surface area contributed by atoms with Gasteiger partial charge in [0, 0.05) is 12.3 Å². The van der Waals surface area contributed by atoms with Crippen molar-refractivity contribution in [2.45, 2.75) is 19.6 Å². The molecule has 4 aromatic rings. The van der Waals surface area contributed by atoms with Crippen LogP contribution in [0.4, 0.5) is 0 Å². The average molecular weight is 406 g/mol. The molecular formula is C21H18N4O3S. The molecule has 0 saturated heterocycles. The minimum Gasteiger partial charge on any atom is -0.348 e. The zero-order valence-corrected chi connectivity index (χ0v) is 16.3. The first-order valence-corrected chi connectivity index (χ1v) is 9.87. The van der Waals surface area contributed by atoms with Gasteiger partial charge in [0.2, 0.25) is 5.91 Å². The van der Waals surface area contributed by atoms with Gasteiger partial charge in [-0.05, 0) is 17.7 Å². The zero-order valence-electron chi connectivity index (χ0n) is 15.4. The van der Waals surface area contributed by atoms with Crippen molar-refractivity contribution in [1.29, 1.82) is 0 Å². The van der Waals surface area contributed by atoms with Gasteiger partial charge in [-0.15, -0.1) is 11.3 Å². The van der Waals surface area contributed by atoms with Crippen molar-refractivity contribution in [3.05, 3.63) is 98.3 Å². The molecule has 29 heavy (non-hydrogen) atoms. The molecule has 8 heteroatoms. The summed E-state index contributed by atoms with van der Waals surface area (Å²) in [5.41, 5.74) is 0.788. The lowest BCUT2D eigenvalue weighted by Gasteiger charge is -2.10. The fraction of sp³-hybridized carbons (Fsp3) is 0.143. The topological polar surface area (TPSA) is 86.0 Å². The lowest BCUT2D eigenvalue weighted by Crippen LogP contribution is -2.43. The van der Waals surface area contributed by atoms with Crippen LogP contribution in [0.25, 0.3) is 10.2 Å². The van der Waals surface area contributed by atoms with Crippen molar-refractivity contribution in [1.82, 2.24) is 19.4 Å². The molecule has 146 valence electrons. The highest BCUT2D eigenvalue weighted by atomic mass is 32.1. The largest absolute Gasteiger partial charge is 0.348 e. The maximum atomic E-state index is 12.7. The van der Waals surface area contributed by atoms with Crippen LogP contribution in [0.5, 0.6) is 0 Å². The third kappa shape index (κ3) is 4.33. The Hall–Kier alpha value is -3.52. The Bertz CT molecular complexity index is 1240. The smallest absolute Gasteiger partial charge is 0.331 e. The molecule has 4 rings (SSSR count). The van der Waals surface area contributed by atoms with Gasteiger partial charge in [-0.2, -0.15) is 0 Å². The van der Waals surface area contributed by atoms with Gasteiger partial charge >= 0.3 is 5.69 Å². The van der Waals surface area contributed by atoms with Crippen LogP contribution in [-0.4, -0.2) is 20.0 Å². The van der Waals surface area contributed by atoms with Crippen molar-refractivity contribution in [2.75, 3.05) is 0 Å². The summed E-state index contributed by atoms with van der Waals surface area (Å²) in [6, 6.07) is 18.5. The van der Waals surface area contributed by atoms with Crippen molar-refractivity contribution >= 4 is 27.5 Å². The van der Waals surface area contributed by atoms with Gasteiger partial charge in [-0.25, -0.2) is 9.78 Å². The standard InChI is InChI=1S/C21H18N4O3S/c26-18(22-12-19-23-16-8-4-5-9-17(16)29-19)14-25-20(27)10-11-24(21(25)28)13-15-6-2-1-3-7-15/h1-11H,12-14H2,(H,22,26). The first kappa shape index (κ1) is 18.8. The molecule has 1 amide bonds. The Morgan fingerprint density at radius 1 is 1.00 bits per heavy atom. The molecule has 0 radical (unpaired) electrons. The molecule has 0 unspecified atom stereocenters. The van der Waals surface area contributed by atoms with Crippen molar-refractivity contribution in [3.63, 3.8) is 0 Å². The van der Waals surface area contributed by atoms with Crippen LogP contribution in [0.15, 0.2) is 76.4 Å². The number of aromatic nitrogens is 3. The lowest BCUT2D eigenvalue weighted by molar-refractivity contribution is -0.121. The third-order valence-corrected chi connectivity index (χ3v) is 5.45. The number of para-hydroxylation sites is 1. The Labute approximate surface area is 169 Å². The van der Waals surface area contributed by atoms with E-state index >= 15 is 0 Å². The van der Waals surface area contributed by atoms with E-state index in [9.17, 15) is 14.4 Å². The molecule has 0 bridgehead atoms. The average Bonchev–Trinajstić information content (AvgIpc) is 3.15. The second-order valence-electron chi connectivity index (χ2n) is 6.49. The van der Waals surface area contributed by atoms with Crippen LogP contribution in [-0.2, 0) is 24.4 Å². The van der Waals surface area contributed by atoms with E-state index in [-0.39, 0.29) is 13.1 Å². The summed E-state index contributed by atoms with van der Waals surface area (Å²) in [4.78, 5) is 41.6. The Morgan fingerprint density at radius 2 is 1.76 bits per heavy atom. The van der Waals surface area contributed by atoms with Gasteiger partial charge in [0.1, 0.15) is 11.6 Å². The van der Waals surface area contributed by atoms with Gasteiger partial charge in [0.25, 0.3) is 5.56 Å². The highest BCUT2D eigenvalue weighted by Gasteiger charge is 2.11. The molecule has 2 aromatic heterocycles. The Kier molecular flexibility index (Phi) is 5.35. The SMILES string of the molecule is O=C(Cn1c(=O)ccn(Cc2ccccc2)c1=O)NCc1nc2ccccc2s1. The molecule has 0 spiro atoms. The predicted molar refractivity (Wildman–Crippen MR) is 112 cm³/mol. The molecule has 0 aliphatic heterocycles. The van der Waals surface area contributed by atoms with E-state index in [0.29, 0.717) is 6.54 Å². The first-order chi connectivity index (χ1) is 14.1. The summed E-state index contributed by atoms with van der Waals surface area (Å²) >= 11 is 1.50. The number of hydrogen-bond donors (Lipinski definition) is 1. The molecule has 0 saturated carbocycles. The van der Waals surface area contributed by atoms with Gasteiger partial charge in [-0.1, -0.05) is 42.5 Å². The number of amides is 1. The van der Waals surface area contributed by atoms with E-state index < -0.39 is 17.2 Å². The normalized spacial score (nSPS) is 10.9. The number of nitrogens with zero attached hydrogens (tertiary/aromatic N) is 3. The molecule has 0 fully saturated rings. The second-order valence-corrected chi connectivity index (χ2v) is 7.60. The van der Waals surface area contributed by atoms with E-state index in [1.54, 1.807) is 0 Å². The van der Waals surface area contributed by atoms with Crippen LogP contribution in [0.1, 0.15) is 10.6 Å². The van der Waals surface area contributed by atoms with Gasteiger partial charge in [-0.3, -0.25) is 18.7 Å². The van der Waals surface area contributed by atoms with Crippen LogP contribution in [0.2, 0.25) is 0 Å². The summed E-state index contributed by atoms with van der Waals surface area (Å²) < 4.78 is 3.40. The summed E-state index contributed by atoms with van der Waals surface area (Å²) in [7, 11) is 0. The molecule has 1 N–H and O–H groups in total. The summed E-state index contributed by atoms with van der Waals surface area (Å²) in [6.45, 7) is 0.240. The number of hydrogen-bond acceptors (Lipinski definition) is 5. The number of rotatable bonds is 6. The van der Waals surface area contributed by atoms with E-state index in [4.69, 9.17) is 0 Å². The van der Waals surface area contributed by atoms with Crippen LogP contribution in [0, 0.1) is 0 Å². The summed E-state index contributed by atoms with van der Waals surface area (Å²) in [5.74, 6) is -0.416. The summed E-state index contributed by atoms with van der Waals surface area (Å²) in [5, 5.41) is 3.50. The monoisotopic (exact) mass is 406 g/mol. The Morgan fingerprint density at radius 3 is 2.55 bits per heavy atom.